The Balaban J connectivity index is 2.43. The van der Waals surface area contributed by atoms with E-state index in [-0.39, 0.29) is 22.3 Å². The molecule has 0 radical (unpaired) electrons. The van der Waals surface area contributed by atoms with Crippen LogP contribution in [0, 0.1) is 10.1 Å². The Labute approximate surface area is 151 Å². The monoisotopic (exact) mass is 370 g/mol. The van der Waals surface area contributed by atoms with Crippen LogP contribution in [0.1, 0.15) is 56.3 Å². The van der Waals surface area contributed by atoms with Gasteiger partial charge in [-0.05, 0) is 19.4 Å². The Kier molecular flexibility index (Phi) is 8.91. The first-order valence-corrected chi connectivity index (χ1v) is 8.63. The molecular weight excluding hydrogens is 348 g/mol. The van der Waals surface area contributed by atoms with Crippen LogP contribution in [0.5, 0.6) is 0 Å². The van der Waals surface area contributed by atoms with E-state index in [1.165, 1.54) is 12.5 Å². The molecule has 0 aliphatic heterocycles. The van der Waals surface area contributed by atoms with Crippen molar-refractivity contribution >= 4 is 29.2 Å². The average Bonchev–Trinajstić information content (AvgIpc) is 2.56. The molecule has 1 amide bonds. The number of amides is 1. The van der Waals surface area contributed by atoms with Crippen molar-refractivity contribution < 1.29 is 19.2 Å². The second-order valence-electron chi connectivity index (χ2n) is 5.82. The van der Waals surface area contributed by atoms with E-state index in [9.17, 15) is 19.7 Å². The highest BCUT2D eigenvalue weighted by molar-refractivity contribution is 6.33. The highest BCUT2D eigenvalue weighted by atomic mass is 35.5. The summed E-state index contributed by atoms with van der Waals surface area (Å²) in [5.74, 6) is -1.19. The van der Waals surface area contributed by atoms with Crippen molar-refractivity contribution in [3.8, 4) is 0 Å². The molecule has 138 valence electrons. The summed E-state index contributed by atoms with van der Waals surface area (Å²) >= 11 is 5.85. The predicted octanol–water partition coefficient (Wildman–Crippen LogP) is 3.88. The zero-order valence-electron chi connectivity index (χ0n) is 14.4. The molecule has 1 rings (SSSR count). The molecule has 1 N–H and O–H groups in total. The van der Waals surface area contributed by atoms with E-state index < -0.39 is 23.4 Å². The molecule has 0 spiro atoms. The zero-order chi connectivity index (χ0) is 18.8. The van der Waals surface area contributed by atoms with Crippen LogP contribution in [-0.2, 0) is 9.53 Å². The summed E-state index contributed by atoms with van der Waals surface area (Å²) in [6.07, 6.45) is 5.36. The third-order valence-corrected chi connectivity index (χ3v) is 3.93. The van der Waals surface area contributed by atoms with E-state index in [0.717, 1.165) is 37.8 Å². The number of non-ortho nitro benzene ring substituents is 1. The number of ether oxygens (including phenoxy) is 1. The fraction of sp³-hybridized carbons (Fsp3) is 0.529. The van der Waals surface area contributed by atoms with Gasteiger partial charge in [-0.3, -0.25) is 14.9 Å². The van der Waals surface area contributed by atoms with E-state index in [1.807, 2.05) is 6.92 Å². The van der Waals surface area contributed by atoms with Crippen LogP contribution in [-0.4, -0.2) is 29.4 Å². The second-order valence-corrected chi connectivity index (χ2v) is 6.22. The molecule has 0 bridgehead atoms. The first-order valence-electron chi connectivity index (χ1n) is 8.25. The van der Waals surface area contributed by atoms with Crippen LogP contribution in [0.2, 0.25) is 5.02 Å². The first-order chi connectivity index (χ1) is 11.8. The van der Waals surface area contributed by atoms with Crippen LogP contribution >= 0.6 is 11.6 Å². The van der Waals surface area contributed by atoms with Crippen molar-refractivity contribution in [3.05, 3.63) is 38.9 Å². The number of nitro benzene ring substituents is 1. The summed E-state index contributed by atoms with van der Waals surface area (Å²) in [6.45, 7) is 3.61. The number of nitrogens with zero attached hydrogens (tertiary/aromatic N) is 1. The van der Waals surface area contributed by atoms with Crippen molar-refractivity contribution in [2.45, 2.75) is 52.0 Å². The van der Waals surface area contributed by atoms with E-state index in [2.05, 4.69) is 12.2 Å². The largest absolute Gasteiger partial charge is 0.452 e. The molecule has 0 aliphatic carbocycles. The Morgan fingerprint density at radius 1 is 1.32 bits per heavy atom. The van der Waals surface area contributed by atoms with Crippen LogP contribution in [0.3, 0.4) is 0 Å². The number of benzene rings is 1. The number of unbranched alkanes of at least 4 members (excludes halogenated alkanes) is 3. The van der Waals surface area contributed by atoms with Crippen LogP contribution in [0.15, 0.2) is 18.2 Å². The van der Waals surface area contributed by atoms with Crippen molar-refractivity contribution in [2.24, 2.45) is 0 Å². The van der Waals surface area contributed by atoms with Gasteiger partial charge in [0.25, 0.3) is 11.6 Å². The molecule has 0 saturated carbocycles. The van der Waals surface area contributed by atoms with E-state index >= 15 is 0 Å². The number of carbonyl (C=O) groups excluding carboxylic acids is 2. The van der Waals surface area contributed by atoms with Gasteiger partial charge in [-0.2, -0.15) is 0 Å². The van der Waals surface area contributed by atoms with Gasteiger partial charge in [-0.1, -0.05) is 44.2 Å². The van der Waals surface area contributed by atoms with E-state index in [1.54, 1.807) is 0 Å². The van der Waals surface area contributed by atoms with Gasteiger partial charge in [-0.25, -0.2) is 4.79 Å². The zero-order valence-corrected chi connectivity index (χ0v) is 15.2. The maximum atomic E-state index is 11.9. The summed E-state index contributed by atoms with van der Waals surface area (Å²) in [5, 5.41) is 13.3. The molecule has 0 unspecified atom stereocenters. The van der Waals surface area contributed by atoms with Crippen molar-refractivity contribution in [3.63, 3.8) is 0 Å². The number of nitrogens with one attached hydrogen (secondary N) is 1. The fourth-order valence-electron chi connectivity index (χ4n) is 2.26. The van der Waals surface area contributed by atoms with Gasteiger partial charge in [0, 0.05) is 18.2 Å². The van der Waals surface area contributed by atoms with Gasteiger partial charge >= 0.3 is 5.97 Å². The maximum Gasteiger partial charge on any atom is 0.340 e. The molecule has 1 atom stereocenters. The lowest BCUT2D eigenvalue weighted by atomic mass is 10.1. The summed E-state index contributed by atoms with van der Waals surface area (Å²) < 4.78 is 4.91. The number of halogens is 1. The Morgan fingerprint density at radius 3 is 2.64 bits per heavy atom. The molecule has 1 aromatic carbocycles. The third kappa shape index (κ3) is 7.51. The number of nitro groups is 1. The minimum Gasteiger partial charge on any atom is -0.452 e. The summed E-state index contributed by atoms with van der Waals surface area (Å²) in [4.78, 5) is 33.7. The maximum absolute atomic E-state index is 11.9. The van der Waals surface area contributed by atoms with Crippen molar-refractivity contribution in [1.29, 1.82) is 0 Å². The first kappa shape index (κ1) is 20.9. The smallest absolute Gasteiger partial charge is 0.340 e. The van der Waals surface area contributed by atoms with Crippen molar-refractivity contribution in [1.82, 2.24) is 5.32 Å². The number of esters is 1. The minimum absolute atomic E-state index is 0.00557. The molecular formula is C17H23ClN2O5. The Bertz CT molecular complexity index is 621. The van der Waals surface area contributed by atoms with E-state index in [0.29, 0.717) is 0 Å². The Hall–Kier alpha value is -2.15. The molecule has 0 aromatic heterocycles. The third-order valence-electron chi connectivity index (χ3n) is 3.62. The lowest BCUT2D eigenvalue weighted by molar-refractivity contribution is -0.384. The topological polar surface area (TPSA) is 98.5 Å². The summed E-state index contributed by atoms with van der Waals surface area (Å²) in [5.41, 5.74) is -0.246. The van der Waals surface area contributed by atoms with Gasteiger partial charge in [0.15, 0.2) is 6.61 Å². The molecule has 8 heteroatoms. The predicted molar refractivity (Wildman–Crippen MR) is 94.8 cm³/mol. The molecule has 0 heterocycles. The van der Waals surface area contributed by atoms with Crippen LogP contribution in [0.4, 0.5) is 5.69 Å². The molecule has 0 aliphatic rings. The fourth-order valence-corrected chi connectivity index (χ4v) is 2.51. The molecule has 0 fully saturated rings. The number of hydrogen-bond acceptors (Lipinski definition) is 5. The highest BCUT2D eigenvalue weighted by Gasteiger charge is 2.17. The lowest BCUT2D eigenvalue weighted by Gasteiger charge is -2.14. The molecule has 25 heavy (non-hydrogen) atoms. The van der Waals surface area contributed by atoms with Gasteiger partial charge < -0.3 is 10.1 Å². The number of hydrogen-bond donors (Lipinski definition) is 1. The van der Waals surface area contributed by atoms with Gasteiger partial charge in [0.05, 0.1) is 15.5 Å². The minimum atomic E-state index is -0.800. The normalized spacial score (nSPS) is 11.6. The quantitative estimate of drug-likeness (QED) is 0.291. The number of rotatable bonds is 10. The average molecular weight is 371 g/mol. The summed E-state index contributed by atoms with van der Waals surface area (Å²) in [6, 6.07) is 3.43. The standard InChI is InChI=1S/C17H23ClN2O5/c1-3-4-5-6-7-12(2)19-16(21)11-25-17(22)14-9-8-13(20(23)24)10-15(14)18/h8-10,12H,3-7,11H2,1-2H3,(H,19,21)/t12-/m0/s1. The lowest BCUT2D eigenvalue weighted by Crippen LogP contribution is -2.35. The van der Waals surface area contributed by atoms with Crippen LogP contribution in [0.25, 0.3) is 0 Å². The summed E-state index contributed by atoms with van der Waals surface area (Å²) in [7, 11) is 0. The second kappa shape index (κ2) is 10.7. The molecule has 0 saturated heterocycles. The Morgan fingerprint density at radius 2 is 2.04 bits per heavy atom. The van der Waals surface area contributed by atoms with Crippen molar-refractivity contribution in [2.75, 3.05) is 6.61 Å². The van der Waals surface area contributed by atoms with Gasteiger partial charge in [0.2, 0.25) is 0 Å². The number of carbonyl (C=O) groups is 2. The van der Waals surface area contributed by atoms with Gasteiger partial charge in [0.1, 0.15) is 0 Å². The van der Waals surface area contributed by atoms with E-state index in [4.69, 9.17) is 16.3 Å². The highest BCUT2D eigenvalue weighted by Crippen LogP contribution is 2.23. The van der Waals surface area contributed by atoms with Gasteiger partial charge in [-0.15, -0.1) is 0 Å². The molecule has 1 aromatic rings. The van der Waals surface area contributed by atoms with Crippen LogP contribution < -0.4 is 5.32 Å². The SMILES string of the molecule is CCCCCC[C@H](C)NC(=O)COC(=O)c1ccc([N+](=O)[O-])cc1Cl. The molecule has 7 nitrogen and oxygen atoms in total.